The number of nitrogens with zero attached hydrogens (tertiary/aromatic N) is 2. The Balaban J connectivity index is 0.000000217. The number of esters is 2. The number of hydrogen-bond acceptors (Lipinski definition) is 6. The molecule has 2 aromatic carbocycles. The van der Waals surface area contributed by atoms with E-state index in [0.717, 1.165) is 16.6 Å². The fourth-order valence-electron chi connectivity index (χ4n) is 3.22. The van der Waals surface area contributed by atoms with Crippen LogP contribution in [0.15, 0.2) is 89.8 Å². The van der Waals surface area contributed by atoms with Crippen molar-refractivity contribution in [3.63, 3.8) is 0 Å². The summed E-state index contributed by atoms with van der Waals surface area (Å²) in [5.74, 6) is -0.726. The number of carbonyl (C=O) groups is 2. The highest BCUT2D eigenvalue weighted by molar-refractivity contribution is 9.10. The summed E-state index contributed by atoms with van der Waals surface area (Å²) in [6.07, 6.45) is 3.92. The zero-order valence-electron chi connectivity index (χ0n) is 21.8. The molecule has 0 saturated heterocycles. The maximum absolute atomic E-state index is 11.6. The van der Waals surface area contributed by atoms with Gasteiger partial charge in [0.2, 0.25) is 0 Å². The van der Waals surface area contributed by atoms with Gasteiger partial charge in [0.25, 0.3) is 0 Å². The van der Waals surface area contributed by atoms with Crippen molar-refractivity contribution in [2.24, 2.45) is 0 Å². The van der Waals surface area contributed by atoms with Gasteiger partial charge in [0, 0.05) is 24.1 Å². The average molecular weight is 642 g/mol. The van der Waals surface area contributed by atoms with Gasteiger partial charge in [0.15, 0.2) is 0 Å². The molecule has 0 unspecified atom stereocenters. The molecule has 6 nitrogen and oxygen atoms in total. The Labute approximate surface area is 240 Å². The summed E-state index contributed by atoms with van der Waals surface area (Å²) < 4.78 is 9.77. The Morgan fingerprint density at radius 3 is 1.92 bits per heavy atom. The van der Waals surface area contributed by atoms with Gasteiger partial charge in [-0.3, -0.25) is 4.98 Å². The first-order chi connectivity index (χ1) is 18.3. The number of aromatic nitrogens is 2. The smallest absolute Gasteiger partial charge is 0.340 e. The minimum atomic E-state index is -0.384. The number of rotatable bonds is 5. The Bertz CT molecular complexity index is 1330. The van der Waals surface area contributed by atoms with Gasteiger partial charge in [-0.15, -0.1) is 0 Å². The van der Waals surface area contributed by atoms with Gasteiger partial charge in [0.05, 0.1) is 31.0 Å². The Kier molecular flexibility index (Phi) is 13.4. The van der Waals surface area contributed by atoms with Crippen LogP contribution < -0.4 is 0 Å². The van der Waals surface area contributed by atoms with Crippen LogP contribution >= 0.6 is 31.9 Å². The summed E-state index contributed by atoms with van der Waals surface area (Å²) in [5, 5.41) is 0.952. The van der Waals surface area contributed by atoms with Crippen LogP contribution in [0.5, 0.6) is 0 Å². The molecule has 0 bridgehead atoms. The number of pyridine rings is 2. The topological polar surface area (TPSA) is 78.4 Å². The number of benzene rings is 2. The first-order valence-corrected chi connectivity index (χ1v) is 13.6. The second-order valence-electron chi connectivity index (χ2n) is 8.11. The number of halogens is 2. The number of alkyl halides is 1. The van der Waals surface area contributed by atoms with Gasteiger partial charge >= 0.3 is 11.9 Å². The molecule has 2 heterocycles. The van der Waals surface area contributed by atoms with Crippen LogP contribution in [0.25, 0.3) is 0 Å². The predicted molar refractivity (Wildman–Crippen MR) is 157 cm³/mol. The van der Waals surface area contributed by atoms with Crippen molar-refractivity contribution in [2.75, 3.05) is 14.2 Å². The summed E-state index contributed by atoms with van der Waals surface area (Å²) in [6, 6.07) is 23.5. The van der Waals surface area contributed by atoms with Gasteiger partial charge in [-0.25, -0.2) is 14.6 Å². The highest BCUT2D eigenvalue weighted by Crippen LogP contribution is 2.14. The molecule has 0 aliphatic carbocycles. The van der Waals surface area contributed by atoms with Crippen LogP contribution in [-0.4, -0.2) is 36.1 Å². The van der Waals surface area contributed by atoms with Gasteiger partial charge in [-0.1, -0.05) is 75.6 Å². The summed E-state index contributed by atoms with van der Waals surface area (Å²) in [6.45, 7) is 4.14. The van der Waals surface area contributed by atoms with Gasteiger partial charge in [-0.05, 0) is 65.2 Å². The first-order valence-electron chi connectivity index (χ1n) is 11.7. The zero-order chi connectivity index (χ0) is 27.9. The molecule has 2 aromatic heterocycles. The molecule has 0 amide bonds. The van der Waals surface area contributed by atoms with Gasteiger partial charge in [-0.2, -0.15) is 0 Å². The number of ether oxygens (including phenoxy) is 2. The summed E-state index contributed by atoms with van der Waals surface area (Å²) >= 11 is 6.51. The lowest BCUT2D eigenvalue weighted by molar-refractivity contribution is 0.0590. The van der Waals surface area contributed by atoms with Crippen molar-refractivity contribution < 1.29 is 19.1 Å². The molecule has 0 radical (unpaired) electrons. The van der Waals surface area contributed by atoms with E-state index >= 15 is 0 Å². The maximum Gasteiger partial charge on any atom is 0.340 e. The number of methoxy groups -OCH3 is 2. The lowest BCUT2D eigenvalue weighted by atomic mass is 10.0. The number of carbonyl (C=O) groups excluding carboxylic acids is 2. The molecular formula is C30H30Br2N2O4. The molecule has 0 spiro atoms. The highest BCUT2D eigenvalue weighted by Gasteiger charge is 2.12. The molecule has 8 heteroatoms. The van der Waals surface area contributed by atoms with E-state index in [1.807, 2.05) is 25.1 Å². The van der Waals surface area contributed by atoms with E-state index in [2.05, 4.69) is 83.8 Å². The van der Waals surface area contributed by atoms with Crippen molar-refractivity contribution >= 4 is 43.8 Å². The third-order valence-electron chi connectivity index (χ3n) is 5.19. The second kappa shape index (κ2) is 16.5. The SMILES string of the molecule is COC(=O)c1cccnc1Br.COC(=O)c1cccnc1Cc1cccc(C)c1.Cc1ccc(CBr)cc1. The number of aryl methyl sites for hydroxylation is 2. The first kappa shape index (κ1) is 30.9. The minimum Gasteiger partial charge on any atom is -0.465 e. The van der Waals surface area contributed by atoms with Crippen molar-refractivity contribution in [2.45, 2.75) is 25.6 Å². The molecule has 0 saturated carbocycles. The second-order valence-corrected chi connectivity index (χ2v) is 9.42. The van der Waals surface area contributed by atoms with E-state index in [-0.39, 0.29) is 11.9 Å². The number of hydrogen-bond donors (Lipinski definition) is 0. The quantitative estimate of drug-likeness (QED) is 0.129. The van der Waals surface area contributed by atoms with Crippen molar-refractivity contribution in [1.29, 1.82) is 0 Å². The fraction of sp³-hybridized carbons (Fsp3) is 0.200. The summed E-state index contributed by atoms with van der Waals surface area (Å²) in [7, 11) is 2.72. The minimum absolute atomic E-state index is 0.342. The zero-order valence-corrected chi connectivity index (χ0v) is 25.0. The van der Waals surface area contributed by atoms with Crippen LogP contribution in [-0.2, 0) is 21.2 Å². The van der Waals surface area contributed by atoms with Crippen LogP contribution in [0.4, 0.5) is 0 Å². The van der Waals surface area contributed by atoms with Crippen LogP contribution in [0.2, 0.25) is 0 Å². The Morgan fingerprint density at radius 1 is 0.737 bits per heavy atom. The lowest BCUT2D eigenvalue weighted by Gasteiger charge is -2.07. The Hall–Kier alpha value is -3.36. The molecule has 4 aromatic rings. The van der Waals surface area contributed by atoms with E-state index in [1.54, 1.807) is 36.7 Å². The van der Waals surface area contributed by atoms with Crippen LogP contribution in [0.1, 0.15) is 48.7 Å². The summed E-state index contributed by atoms with van der Waals surface area (Å²) in [4.78, 5) is 30.7. The molecule has 38 heavy (non-hydrogen) atoms. The van der Waals surface area contributed by atoms with E-state index in [9.17, 15) is 9.59 Å². The normalized spacial score (nSPS) is 9.74. The van der Waals surface area contributed by atoms with Crippen molar-refractivity contribution in [3.05, 3.63) is 129 Å². The lowest BCUT2D eigenvalue weighted by Crippen LogP contribution is -2.07. The fourth-order valence-corrected chi connectivity index (χ4v) is 4.00. The van der Waals surface area contributed by atoms with Gasteiger partial charge in [0.1, 0.15) is 4.60 Å². The molecule has 0 atom stereocenters. The van der Waals surface area contributed by atoms with Gasteiger partial charge < -0.3 is 9.47 Å². The largest absolute Gasteiger partial charge is 0.465 e. The van der Waals surface area contributed by atoms with Crippen LogP contribution in [0, 0.1) is 13.8 Å². The molecular weight excluding hydrogens is 612 g/mol. The molecule has 0 aliphatic heterocycles. The van der Waals surface area contributed by atoms with Crippen molar-refractivity contribution in [1.82, 2.24) is 9.97 Å². The molecule has 0 fully saturated rings. The summed E-state index contributed by atoms with van der Waals surface area (Å²) in [5.41, 5.74) is 6.70. The van der Waals surface area contributed by atoms with Crippen LogP contribution in [0.3, 0.4) is 0 Å². The molecule has 4 rings (SSSR count). The van der Waals surface area contributed by atoms with E-state index < -0.39 is 0 Å². The Morgan fingerprint density at radius 2 is 1.34 bits per heavy atom. The predicted octanol–water partition coefficient (Wildman–Crippen LogP) is 7.29. The van der Waals surface area contributed by atoms with E-state index in [4.69, 9.17) is 4.74 Å². The third kappa shape index (κ3) is 10.2. The molecule has 0 aliphatic rings. The highest BCUT2D eigenvalue weighted by atomic mass is 79.9. The molecule has 0 N–H and O–H groups in total. The monoisotopic (exact) mass is 640 g/mol. The third-order valence-corrected chi connectivity index (χ3v) is 6.47. The standard InChI is InChI=1S/C15H15NO2.C8H9Br.C7H6BrNO2/c1-11-5-3-6-12(9-11)10-14-13(15(17)18-2)7-4-8-16-14;1-7-2-4-8(6-9)5-3-7;1-11-7(10)5-3-2-4-9-6(5)8/h3-9H,10H2,1-2H3;2-5H,6H2,1H3;2-4H,1H3. The average Bonchev–Trinajstić information content (AvgIpc) is 2.94. The van der Waals surface area contributed by atoms with E-state index in [1.165, 1.54) is 30.9 Å². The van der Waals surface area contributed by atoms with Crippen molar-refractivity contribution in [3.8, 4) is 0 Å². The van der Waals surface area contributed by atoms with E-state index in [0.29, 0.717) is 22.2 Å². The maximum atomic E-state index is 11.6. The molecule has 198 valence electrons.